The van der Waals surface area contributed by atoms with E-state index in [2.05, 4.69) is 68.2 Å². The number of rotatable bonds is 10. The quantitative estimate of drug-likeness (QED) is 0.668. The average Bonchev–Trinajstić information content (AvgIpc) is 2.44. The van der Waals surface area contributed by atoms with E-state index in [9.17, 15) is 0 Å². The van der Waals surface area contributed by atoms with Crippen molar-refractivity contribution in [3.8, 4) is 0 Å². The molecule has 3 nitrogen and oxygen atoms in total. The largest absolute Gasteiger partial charge is 0.372 e. The van der Waals surface area contributed by atoms with Gasteiger partial charge in [0, 0.05) is 25.3 Å². The molecule has 120 valence electrons. The van der Waals surface area contributed by atoms with Gasteiger partial charge in [-0.15, -0.1) is 0 Å². The van der Waals surface area contributed by atoms with Gasteiger partial charge in [-0.2, -0.15) is 0 Å². The number of nitrogens with zero attached hydrogens (tertiary/aromatic N) is 2. The van der Waals surface area contributed by atoms with E-state index < -0.39 is 0 Å². The van der Waals surface area contributed by atoms with Crippen molar-refractivity contribution in [3.05, 3.63) is 29.3 Å². The molecule has 0 saturated carbocycles. The molecule has 0 radical (unpaired) electrons. The zero-order valence-electron chi connectivity index (χ0n) is 14.6. The van der Waals surface area contributed by atoms with Crippen LogP contribution in [0.3, 0.4) is 0 Å². The first kappa shape index (κ1) is 18.0. The second-order valence-corrected chi connectivity index (χ2v) is 6.03. The zero-order valence-corrected chi connectivity index (χ0v) is 14.6. The number of aryl methyl sites for hydroxylation is 1. The summed E-state index contributed by atoms with van der Waals surface area (Å²) in [5.41, 5.74) is 4.15. The maximum absolute atomic E-state index is 3.47. The molecule has 1 aromatic carbocycles. The summed E-state index contributed by atoms with van der Waals surface area (Å²) >= 11 is 0. The van der Waals surface area contributed by atoms with Gasteiger partial charge in [-0.1, -0.05) is 19.1 Å². The van der Waals surface area contributed by atoms with Crippen molar-refractivity contribution in [2.75, 3.05) is 45.2 Å². The lowest BCUT2D eigenvalue weighted by molar-refractivity contribution is 0.400. The standard InChI is InChI=1S/C18H33N3/c1-6-11-19-15-17-9-10-18(16(3)14-17)21(7-2)13-8-12-20(4)5/h9-10,14,19H,6-8,11-13,15H2,1-5H3. The van der Waals surface area contributed by atoms with E-state index in [1.807, 2.05) is 0 Å². The Bertz CT molecular complexity index is 401. The number of hydrogen-bond donors (Lipinski definition) is 1. The molecule has 21 heavy (non-hydrogen) atoms. The molecule has 0 aliphatic rings. The van der Waals surface area contributed by atoms with Gasteiger partial charge in [0.05, 0.1) is 0 Å². The Morgan fingerprint density at radius 2 is 1.86 bits per heavy atom. The van der Waals surface area contributed by atoms with E-state index in [1.54, 1.807) is 0 Å². The normalized spacial score (nSPS) is 11.1. The van der Waals surface area contributed by atoms with Gasteiger partial charge < -0.3 is 15.1 Å². The van der Waals surface area contributed by atoms with Gasteiger partial charge in [0.2, 0.25) is 0 Å². The molecule has 0 aromatic heterocycles. The molecular weight excluding hydrogens is 258 g/mol. The molecule has 0 saturated heterocycles. The third-order valence-electron chi connectivity index (χ3n) is 3.77. The van der Waals surface area contributed by atoms with Crippen LogP contribution in [0.2, 0.25) is 0 Å². The number of nitrogens with one attached hydrogen (secondary N) is 1. The van der Waals surface area contributed by atoms with E-state index in [-0.39, 0.29) is 0 Å². The molecule has 0 bridgehead atoms. The van der Waals surface area contributed by atoms with Crippen LogP contribution in [0.15, 0.2) is 18.2 Å². The van der Waals surface area contributed by atoms with Gasteiger partial charge in [0.15, 0.2) is 0 Å². The summed E-state index contributed by atoms with van der Waals surface area (Å²) in [6.45, 7) is 12.1. The lowest BCUT2D eigenvalue weighted by Gasteiger charge is -2.26. The summed E-state index contributed by atoms with van der Waals surface area (Å²) in [5.74, 6) is 0. The Morgan fingerprint density at radius 1 is 1.10 bits per heavy atom. The van der Waals surface area contributed by atoms with Crippen LogP contribution in [-0.2, 0) is 6.54 Å². The molecule has 0 fully saturated rings. The third-order valence-corrected chi connectivity index (χ3v) is 3.77. The zero-order chi connectivity index (χ0) is 15.7. The van der Waals surface area contributed by atoms with Crippen molar-refractivity contribution >= 4 is 5.69 Å². The van der Waals surface area contributed by atoms with E-state index in [0.29, 0.717) is 0 Å². The minimum atomic E-state index is 0.974. The molecule has 0 amide bonds. The van der Waals surface area contributed by atoms with Gasteiger partial charge in [-0.05, 0) is 71.1 Å². The highest BCUT2D eigenvalue weighted by molar-refractivity contribution is 5.54. The summed E-state index contributed by atoms with van der Waals surface area (Å²) in [6, 6.07) is 6.88. The lowest BCUT2D eigenvalue weighted by Crippen LogP contribution is -2.27. The predicted molar refractivity (Wildman–Crippen MR) is 94.2 cm³/mol. The van der Waals surface area contributed by atoms with E-state index in [0.717, 1.165) is 32.7 Å². The molecule has 1 rings (SSSR count). The van der Waals surface area contributed by atoms with E-state index in [1.165, 1.54) is 29.7 Å². The van der Waals surface area contributed by atoms with Crippen LogP contribution < -0.4 is 10.2 Å². The number of benzene rings is 1. The Morgan fingerprint density at radius 3 is 2.43 bits per heavy atom. The summed E-state index contributed by atoms with van der Waals surface area (Å²) in [7, 11) is 4.28. The van der Waals surface area contributed by atoms with Crippen LogP contribution in [-0.4, -0.2) is 45.2 Å². The van der Waals surface area contributed by atoms with Crippen LogP contribution in [0, 0.1) is 6.92 Å². The maximum Gasteiger partial charge on any atom is 0.0396 e. The summed E-state index contributed by atoms with van der Waals surface area (Å²) in [4.78, 5) is 4.74. The molecule has 0 spiro atoms. The van der Waals surface area contributed by atoms with Crippen LogP contribution in [0.5, 0.6) is 0 Å². The highest BCUT2D eigenvalue weighted by Gasteiger charge is 2.08. The first-order valence-electron chi connectivity index (χ1n) is 8.28. The van der Waals surface area contributed by atoms with Gasteiger partial charge in [0.25, 0.3) is 0 Å². The summed E-state index contributed by atoms with van der Waals surface area (Å²) in [5, 5.41) is 3.47. The Hall–Kier alpha value is -1.06. The van der Waals surface area contributed by atoms with Crippen LogP contribution in [0.4, 0.5) is 5.69 Å². The fourth-order valence-corrected chi connectivity index (χ4v) is 2.62. The van der Waals surface area contributed by atoms with E-state index >= 15 is 0 Å². The van der Waals surface area contributed by atoms with Crippen LogP contribution >= 0.6 is 0 Å². The minimum Gasteiger partial charge on any atom is -0.372 e. The van der Waals surface area contributed by atoms with Crippen LogP contribution in [0.25, 0.3) is 0 Å². The summed E-state index contributed by atoms with van der Waals surface area (Å²) < 4.78 is 0. The lowest BCUT2D eigenvalue weighted by atomic mass is 10.1. The molecule has 3 heteroatoms. The van der Waals surface area contributed by atoms with Crippen molar-refractivity contribution in [1.82, 2.24) is 10.2 Å². The molecule has 0 unspecified atom stereocenters. The van der Waals surface area contributed by atoms with Crippen molar-refractivity contribution in [2.45, 2.75) is 40.2 Å². The first-order chi connectivity index (χ1) is 10.1. The number of hydrogen-bond acceptors (Lipinski definition) is 3. The highest BCUT2D eigenvalue weighted by Crippen LogP contribution is 2.21. The molecule has 0 heterocycles. The summed E-state index contributed by atoms with van der Waals surface area (Å²) in [6.07, 6.45) is 2.40. The predicted octanol–water partition coefficient (Wildman–Crippen LogP) is 3.27. The van der Waals surface area contributed by atoms with Gasteiger partial charge in [-0.3, -0.25) is 0 Å². The van der Waals surface area contributed by atoms with Crippen molar-refractivity contribution in [1.29, 1.82) is 0 Å². The Kier molecular flexibility index (Phi) is 8.40. The molecule has 1 N–H and O–H groups in total. The molecule has 0 aliphatic carbocycles. The second kappa shape index (κ2) is 9.80. The monoisotopic (exact) mass is 291 g/mol. The minimum absolute atomic E-state index is 0.974. The first-order valence-corrected chi connectivity index (χ1v) is 8.28. The highest BCUT2D eigenvalue weighted by atomic mass is 15.1. The van der Waals surface area contributed by atoms with Gasteiger partial charge >= 0.3 is 0 Å². The van der Waals surface area contributed by atoms with Gasteiger partial charge in [-0.25, -0.2) is 0 Å². The van der Waals surface area contributed by atoms with E-state index in [4.69, 9.17) is 0 Å². The molecule has 0 aliphatic heterocycles. The SMILES string of the molecule is CCCNCc1ccc(N(CC)CCCN(C)C)c(C)c1. The Labute approximate surface area is 131 Å². The van der Waals surface area contributed by atoms with Crippen molar-refractivity contribution in [3.63, 3.8) is 0 Å². The fourth-order valence-electron chi connectivity index (χ4n) is 2.62. The van der Waals surface area contributed by atoms with Crippen molar-refractivity contribution < 1.29 is 0 Å². The molecule has 1 aromatic rings. The fraction of sp³-hybridized carbons (Fsp3) is 0.667. The smallest absolute Gasteiger partial charge is 0.0396 e. The average molecular weight is 291 g/mol. The second-order valence-electron chi connectivity index (χ2n) is 6.03. The third kappa shape index (κ3) is 6.49. The van der Waals surface area contributed by atoms with Crippen molar-refractivity contribution in [2.24, 2.45) is 0 Å². The molecular formula is C18H33N3. The Balaban J connectivity index is 2.63. The van der Waals surface area contributed by atoms with Gasteiger partial charge in [0.1, 0.15) is 0 Å². The molecule has 0 atom stereocenters. The van der Waals surface area contributed by atoms with Crippen LogP contribution in [0.1, 0.15) is 37.8 Å². The topological polar surface area (TPSA) is 18.5 Å². The number of anilines is 1. The maximum atomic E-state index is 3.47.